The Labute approximate surface area is 71.8 Å². The molecule has 0 unspecified atom stereocenters. The number of carboxylic acids is 1. The zero-order chi connectivity index (χ0) is 8.97. The first-order chi connectivity index (χ1) is 5.75. The molecule has 1 rings (SSSR count). The number of oxime groups is 1. The van der Waals surface area contributed by atoms with Crippen molar-refractivity contribution in [2.75, 3.05) is 7.11 Å². The van der Waals surface area contributed by atoms with Crippen LogP contribution in [0.3, 0.4) is 0 Å². The first-order valence-electron chi connectivity index (χ1n) is 2.88. The summed E-state index contributed by atoms with van der Waals surface area (Å²) >= 11 is 0.911. The smallest absolute Gasteiger partial charge is 0.360 e. The van der Waals surface area contributed by atoms with Gasteiger partial charge in [-0.2, -0.15) is 8.75 Å². The fourth-order valence-electron chi connectivity index (χ4n) is 0.556. The number of nitrogens with zero attached hydrogens (tertiary/aromatic N) is 3. The van der Waals surface area contributed by atoms with Gasteiger partial charge in [0.25, 0.3) is 0 Å². The Hall–Kier alpha value is -1.50. The first-order valence-corrected chi connectivity index (χ1v) is 3.61. The van der Waals surface area contributed by atoms with Crippen molar-refractivity contribution in [3.8, 4) is 0 Å². The van der Waals surface area contributed by atoms with Gasteiger partial charge in [-0.1, -0.05) is 5.16 Å². The summed E-state index contributed by atoms with van der Waals surface area (Å²) in [4.78, 5) is 14.8. The molecule has 6 nitrogen and oxygen atoms in total. The van der Waals surface area contributed by atoms with E-state index in [0.29, 0.717) is 0 Å². The second kappa shape index (κ2) is 3.77. The van der Waals surface area contributed by atoms with Gasteiger partial charge in [0.05, 0.1) is 17.9 Å². The molecule has 0 fully saturated rings. The van der Waals surface area contributed by atoms with Gasteiger partial charge in [-0.3, -0.25) is 0 Å². The van der Waals surface area contributed by atoms with Gasteiger partial charge in [0.15, 0.2) is 0 Å². The summed E-state index contributed by atoms with van der Waals surface area (Å²) in [7, 11) is 1.27. The Morgan fingerprint density at radius 1 is 1.83 bits per heavy atom. The number of aromatic nitrogens is 2. The van der Waals surface area contributed by atoms with Gasteiger partial charge in [-0.25, -0.2) is 4.79 Å². The minimum absolute atomic E-state index is 0.203. The number of carboxylic acid groups (broad SMARTS) is 1. The second-order valence-corrected chi connectivity index (χ2v) is 2.28. The van der Waals surface area contributed by atoms with Gasteiger partial charge < -0.3 is 9.94 Å². The summed E-state index contributed by atoms with van der Waals surface area (Å²) in [6.07, 6.45) is 1.32. The largest absolute Gasteiger partial charge is 0.476 e. The molecule has 64 valence electrons. The molecule has 0 aromatic carbocycles. The van der Waals surface area contributed by atoms with Crippen LogP contribution in [0.1, 0.15) is 5.69 Å². The monoisotopic (exact) mass is 187 g/mol. The van der Waals surface area contributed by atoms with Crippen LogP contribution in [0.5, 0.6) is 0 Å². The minimum atomic E-state index is -1.19. The molecule has 1 N–H and O–H groups in total. The van der Waals surface area contributed by atoms with Crippen molar-refractivity contribution in [3.63, 3.8) is 0 Å². The predicted octanol–water partition coefficient (Wildman–Crippen LogP) is -0.0268. The highest BCUT2D eigenvalue weighted by molar-refractivity contribution is 6.99. The van der Waals surface area contributed by atoms with Gasteiger partial charge in [0.1, 0.15) is 12.8 Å². The van der Waals surface area contributed by atoms with Crippen molar-refractivity contribution in [3.05, 3.63) is 11.9 Å². The van der Waals surface area contributed by atoms with Crippen molar-refractivity contribution in [1.82, 2.24) is 8.75 Å². The average molecular weight is 187 g/mol. The maximum Gasteiger partial charge on any atom is 0.360 e. The Balaban J connectivity index is 2.96. The molecule has 1 aromatic rings. The van der Waals surface area contributed by atoms with E-state index in [1.165, 1.54) is 13.3 Å². The highest BCUT2D eigenvalue weighted by Gasteiger charge is 2.15. The van der Waals surface area contributed by atoms with Gasteiger partial charge in [-0.15, -0.1) is 0 Å². The molecule has 0 aliphatic rings. The van der Waals surface area contributed by atoms with E-state index in [0.717, 1.165) is 11.7 Å². The molecule has 0 saturated carbocycles. The van der Waals surface area contributed by atoms with Crippen LogP contribution >= 0.6 is 11.7 Å². The third kappa shape index (κ3) is 1.76. The molecule has 7 heteroatoms. The number of carbonyl (C=O) groups is 1. The summed E-state index contributed by atoms with van der Waals surface area (Å²) in [5, 5.41) is 11.9. The van der Waals surface area contributed by atoms with Crippen LogP contribution in [0.15, 0.2) is 11.4 Å². The molecule has 0 aliphatic carbocycles. The van der Waals surface area contributed by atoms with Crippen LogP contribution in [0.4, 0.5) is 0 Å². The van der Waals surface area contributed by atoms with E-state index < -0.39 is 5.97 Å². The van der Waals surface area contributed by atoms with E-state index in [1.807, 2.05) is 0 Å². The lowest BCUT2D eigenvalue weighted by molar-refractivity contribution is -0.129. The van der Waals surface area contributed by atoms with Crippen molar-refractivity contribution >= 4 is 23.4 Å². The first kappa shape index (κ1) is 8.60. The van der Waals surface area contributed by atoms with E-state index in [2.05, 4.69) is 18.7 Å². The molecule has 0 radical (unpaired) electrons. The predicted molar refractivity (Wildman–Crippen MR) is 41.1 cm³/mol. The maximum absolute atomic E-state index is 10.5. The van der Waals surface area contributed by atoms with Gasteiger partial charge in [0, 0.05) is 0 Å². The molecule has 1 heterocycles. The highest BCUT2D eigenvalue weighted by atomic mass is 32.1. The normalized spacial score (nSPS) is 11.2. The molecular formula is C5H5N3O3S. The van der Waals surface area contributed by atoms with Crippen molar-refractivity contribution < 1.29 is 14.7 Å². The molecule has 0 aliphatic heterocycles. The summed E-state index contributed by atoms with van der Waals surface area (Å²) < 4.78 is 7.33. The minimum Gasteiger partial charge on any atom is -0.476 e. The molecule has 0 spiro atoms. The lowest BCUT2D eigenvalue weighted by atomic mass is 10.3. The third-order valence-corrected chi connectivity index (χ3v) is 1.47. The van der Waals surface area contributed by atoms with Crippen LogP contribution in [0.2, 0.25) is 0 Å². The fourth-order valence-corrected chi connectivity index (χ4v) is 0.971. The van der Waals surface area contributed by atoms with Crippen LogP contribution in [-0.2, 0) is 9.63 Å². The second-order valence-electron chi connectivity index (χ2n) is 1.72. The summed E-state index contributed by atoms with van der Waals surface area (Å²) in [5.41, 5.74) is -0.0411. The molecular weight excluding hydrogens is 182 g/mol. The van der Waals surface area contributed by atoms with E-state index >= 15 is 0 Å². The number of aliphatic carboxylic acids is 1. The summed E-state index contributed by atoms with van der Waals surface area (Å²) in [6, 6.07) is 0. The van der Waals surface area contributed by atoms with Crippen LogP contribution < -0.4 is 0 Å². The van der Waals surface area contributed by atoms with E-state index in [4.69, 9.17) is 5.11 Å². The Morgan fingerprint density at radius 2 is 2.58 bits per heavy atom. The van der Waals surface area contributed by atoms with Crippen molar-refractivity contribution in [1.29, 1.82) is 0 Å². The quantitative estimate of drug-likeness (QED) is 0.530. The average Bonchev–Trinajstić information content (AvgIpc) is 2.51. The third-order valence-electron chi connectivity index (χ3n) is 0.989. The fraction of sp³-hybridized carbons (Fsp3) is 0.200. The lowest BCUT2D eigenvalue weighted by Crippen LogP contribution is -2.15. The molecule has 0 amide bonds. The number of hydrogen-bond acceptors (Lipinski definition) is 6. The molecule has 0 saturated heterocycles. The SMILES string of the molecule is CO/N=C(/C(=O)O)c1cnsn1. The van der Waals surface area contributed by atoms with Crippen LogP contribution in [-0.4, -0.2) is 32.6 Å². The van der Waals surface area contributed by atoms with E-state index in [-0.39, 0.29) is 11.4 Å². The molecule has 1 aromatic heterocycles. The number of hydrogen-bond donors (Lipinski definition) is 1. The van der Waals surface area contributed by atoms with Gasteiger partial charge in [-0.05, 0) is 0 Å². The topological polar surface area (TPSA) is 84.7 Å². The Morgan fingerprint density at radius 3 is 3.00 bits per heavy atom. The molecule has 0 bridgehead atoms. The van der Waals surface area contributed by atoms with Gasteiger partial charge in [0.2, 0.25) is 5.71 Å². The van der Waals surface area contributed by atoms with Crippen molar-refractivity contribution in [2.24, 2.45) is 5.16 Å². The summed E-state index contributed by atoms with van der Waals surface area (Å²) in [6.45, 7) is 0. The van der Waals surface area contributed by atoms with Crippen LogP contribution in [0, 0.1) is 0 Å². The molecule has 12 heavy (non-hydrogen) atoms. The molecule has 0 atom stereocenters. The standard InChI is InChI=1S/C5H5N3O3S/c1-11-7-4(5(9)10)3-2-6-12-8-3/h2H,1H3,(H,9,10)/b7-4+. The van der Waals surface area contributed by atoms with E-state index in [1.54, 1.807) is 0 Å². The summed E-state index contributed by atoms with van der Waals surface area (Å²) in [5.74, 6) is -1.19. The maximum atomic E-state index is 10.5. The van der Waals surface area contributed by atoms with Gasteiger partial charge >= 0.3 is 5.97 Å². The Bertz CT molecular complexity index is 295. The lowest BCUT2D eigenvalue weighted by Gasteiger charge is -1.93. The van der Waals surface area contributed by atoms with Crippen molar-refractivity contribution in [2.45, 2.75) is 0 Å². The van der Waals surface area contributed by atoms with Crippen LogP contribution in [0.25, 0.3) is 0 Å². The Kier molecular flexibility index (Phi) is 2.70. The number of rotatable bonds is 3. The zero-order valence-electron chi connectivity index (χ0n) is 6.09. The highest BCUT2D eigenvalue weighted by Crippen LogP contribution is 1.98. The van der Waals surface area contributed by atoms with E-state index in [9.17, 15) is 4.79 Å². The zero-order valence-corrected chi connectivity index (χ0v) is 6.91.